The van der Waals surface area contributed by atoms with Crippen molar-refractivity contribution in [2.24, 2.45) is 0 Å². The van der Waals surface area contributed by atoms with Crippen molar-refractivity contribution < 1.29 is 4.74 Å². The molecule has 0 unspecified atom stereocenters. The van der Waals surface area contributed by atoms with E-state index in [2.05, 4.69) is 15.4 Å². The summed E-state index contributed by atoms with van der Waals surface area (Å²) in [5, 5.41) is 8.91. The monoisotopic (exact) mass is 389 g/mol. The van der Waals surface area contributed by atoms with Gasteiger partial charge in [0.25, 0.3) is 0 Å². The van der Waals surface area contributed by atoms with E-state index in [1.165, 1.54) is 0 Å². The minimum absolute atomic E-state index is 0.0152. The molecule has 1 aromatic heterocycles. The molecule has 0 radical (unpaired) electrons. The number of rotatable bonds is 3. The zero-order chi connectivity index (χ0) is 18.3. The Morgan fingerprint density at radius 2 is 1.92 bits per heavy atom. The predicted molar refractivity (Wildman–Crippen MR) is 103 cm³/mol. The van der Waals surface area contributed by atoms with Crippen LogP contribution in [-0.2, 0) is 0 Å². The summed E-state index contributed by atoms with van der Waals surface area (Å²) in [7, 11) is 1.65. The van der Waals surface area contributed by atoms with Gasteiger partial charge in [0.1, 0.15) is 5.75 Å². The lowest BCUT2D eigenvalue weighted by Gasteiger charge is -2.32. The lowest BCUT2D eigenvalue weighted by Crippen LogP contribution is -2.28. The summed E-state index contributed by atoms with van der Waals surface area (Å²) in [6.45, 7) is 0. The van der Waals surface area contributed by atoms with Crippen LogP contribution in [-0.4, -0.2) is 21.9 Å². The van der Waals surface area contributed by atoms with Crippen LogP contribution in [0.2, 0.25) is 10.0 Å². The van der Waals surface area contributed by atoms with E-state index in [1.807, 2.05) is 42.5 Å². The Balaban J connectivity index is 1.80. The number of benzene rings is 2. The second kappa shape index (κ2) is 6.70. The fraction of sp³-hybridized carbons (Fsp3) is 0.222. The van der Waals surface area contributed by atoms with Gasteiger partial charge < -0.3 is 15.8 Å². The molecule has 8 heteroatoms. The van der Waals surface area contributed by atoms with Gasteiger partial charge in [-0.25, -0.2) is 4.68 Å². The summed E-state index contributed by atoms with van der Waals surface area (Å²) in [4.78, 5) is 4.31. The molecule has 1 aliphatic heterocycles. The quantitative estimate of drug-likeness (QED) is 0.697. The molecule has 26 heavy (non-hydrogen) atoms. The molecule has 0 saturated carbocycles. The molecule has 1 aliphatic rings. The molecule has 0 saturated heterocycles. The van der Waals surface area contributed by atoms with E-state index < -0.39 is 0 Å². The third kappa shape index (κ3) is 2.95. The molecule has 134 valence electrons. The number of nitrogens with zero attached hydrogens (tertiary/aromatic N) is 3. The van der Waals surface area contributed by atoms with Gasteiger partial charge in [0.05, 0.1) is 19.2 Å². The van der Waals surface area contributed by atoms with E-state index in [0.717, 1.165) is 16.9 Å². The normalized spacial score (nSPS) is 18.9. The maximum atomic E-state index is 6.46. The average molecular weight is 390 g/mol. The van der Waals surface area contributed by atoms with Crippen LogP contribution in [0.1, 0.15) is 29.6 Å². The number of hydrogen-bond donors (Lipinski definition) is 2. The van der Waals surface area contributed by atoms with Crippen LogP contribution < -0.4 is 15.8 Å². The first kappa shape index (κ1) is 17.0. The number of halogens is 2. The van der Waals surface area contributed by atoms with Crippen molar-refractivity contribution in [1.82, 2.24) is 14.8 Å². The number of ether oxygens (including phenoxy) is 1. The standard InChI is InChI=1S/C18H17Cl2N5O/c1-26-11-5-2-4-10(8-11)14-9-15(16-12(19)6-3-7-13(16)20)25-18(22-14)23-17(21)24-25/h2-8,14-15H,9H2,1H3,(H3,21,22,23,24)/t14-,15+/m0/s1. The molecule has 2 aromatic carbocycles. The average Bonchev–Trinajstić information content (AvgIpc) is 3.01. The number of hydrogen-bond acceptors (Lipinski definition) is 5. The summed E-state index contributed by atoms with van der Waals surface area (Å²) in [5.41, 5.74) is 7.73. The van der Waals surface area contributed by atoms with Gasteiger partial charge in [0, 0.05) is 15.6 Å². The zero-order valence-corrected chi connectivity index (χ0v) is 15.5. The highest BCUT2D eigenvalue weighted by atomic mass is 35.5. The van der Waals surface area contributed by atoms with Gasteiger partial charge in [-0.05, 0) is 36.2 Å². The van der Waals surface area contributed by atoms with Gasteiger partial charge in [0.2, 0.25) is 11.9 Å². The number of aromatic nitrogens is 3. The fourth-order valence-electron chi connectivity index (χ4n) is 3.34. The lowest BCUT2D eigenvalue weighted by molar-refractivity contribution is 0.410. The minimum atomic E-state index is -0.187. The summed E-state index contributed by atoms with van der Waals surface area (Å²) in [6, 6.07) is 13.2. The first-order valence-electron chi connectivity index (χ1n) is 8.13. The van der Waals surface area contributed by atoms with Crippen LogP contribution >= 0.6 is 23.2 Å². The number of methoxy groups -OCH3 is 1. The largest absolute Gasteiger partial charge is 0.497 e. The number of fused-ring (bicyclic) bond motifs is 1. The summed E-state index contributed by atoms with van der Waals surface area (Å²) in [6.07, 6.45) is 0.687. The third-order valence-electron chi connectivity index (χ3n) is 4.53. The van der Waals surface area contributed by atoms with Crippen LogP contribution in [0, 0.1) is 0 Å². The van der Waals surface area contributed by atoms with Gasteiger partial charge in [-0.2, -0.15) is 4.98 Å². The van der Waals surface area contributed by atoms with E-state index in [1.54, 1.807) is 11.8 Å². The smallest absolute Gasteiger partial charge is 0.241 e. The summed E-state index contributed by atoms with van der Waals surface area (Å²) >= 11 is 12.9. The fourth-order valence-corrected chi connectivity index (χ4v) is 3.99. The van der Waals surface area contributed by atoms with Crippen LogP contribution in [0.3, 0.4) is 0 Å². The van der Waals surface area contributed by atoms with Crippen molar-refractivity contribution in [2.75, 3.05) is 18.2 Å². The van der Waals surface area contributed by atoms with E-state index in [0.29, 0.717) is 22.4 Å². The van der Waals surface area contributed by atoms with Crippen molar-refractivity contribution in [3.05, 3.63) is 63.6 Å². The van der Waals surface area contributed by atoms with E-state index in [-0.39, 0.29) is 18.0 Å². The SMILES string of the molecule is COc1cccc([C@@H]2C[C@H](c3c(Cl)cccc3Cl)n3nc(N)nc3N2)c1. The topological polar surface area (TPSA) is 78.0 Å². The number of nitrogens with one attached hydrogen (secondary N) is 1. The van der Waals surface area contributed by atoms with Crippen LogP contribution in [0.25, 0.3) is 0 Å². The van der Waals surface area contributed by atoms with Crippen molar-refractivity contribution in [1.29, 1.82) is 0 Å². The third-order valence-corrected chi connectivity index (χ3v) is 5.19. The molecule has 0 spiro atoms. The highest BCUT2D eigenvalue weighted by Gasteiger charge is 2.33. The Hall–Kier alpha value is -2.44. The Morgan fingerprint density at radius 1 is 1.19 bits per heavy atom. The zero-order valence-electron chi connectivity index (χ0n) is 14.0. The Bertz CT molecular complexity index is 938. The number of nitrogen functional groups attached to an aromatic ring is 1. The van der Waals surface area contributed by atoms with Crippen molar-refractivity contribution in [3.63, 3.8) is 0 Å². The second-order valence-corrected chi connectivity index (χ2v) is 6.91. The maximum Gasteiger partial charge on any atom is 0.241 e. The Kier molecular flexibility index (Phi) is 4.38. The molecular weight excluding hydrogens is 373 g/mol. The minimum Gasteiger partial charge on any atom is -0.497 e. The molecule has 0 fully saturated rings. The van der Waals surface area contributed by atoms with Crippen molar-refractivity contribution >= 4 is 35.1 Å². The molecule has 2 atom stereocenters. The van der Waals surface area contributed by atoms with Crippen LogP contribution in [0.5, 0.6) is 5.75 Å². The number of anilines is 2. The molecule has 4 rings (SSSR count). The molecule has 0 bridgehead atoms. The molecular formula is C18H17Cl2N5O. The van der Waals surface area contributed by atoms with Gasteiger partial charge >= 0.3 is 0 Å². The van der Waals surface area contributed by atoms with Gasteiger partial charge in [-0.15, -0.1) is 5.10 Å². The molecule has 0 aliphatic carbocycles. The second-order valence-electron chi connectivity index (χ2n) is 6.10. The van der Waals surface area contributed by atoms with E-state index in [4.69, 9.17) is 33.7 Å². The summed E-state index contributed by atoms with van der Waals surface area (Å²) < 4.78 is 7.09. The highest BCUT2D eigenvalue weighted by Crippen LogP contribution is 2.43. The molecule has 3 aromatic rings. The first-order valence-corrected chi connectivity index (χ1v) is 8.89. The molecule has 0 amide bonds. The van der Waals surface area contributed by atoms with E-state index >= 15 is 0 Å². The van der Waals surface area contributed by atoms with Crippen LogP contribution in [0.15, 0.2) is 42.5 Å². The molecule has 3 N–H and O–H groups in total. The van der Waals surface area contributed by atoms with E-state index in [9.17, 15) is 0 Å². The Labute approximate surface area is 160 Å². The van der Waals surface area contributed by atoms with Crippen molar-refractivity contribution in [2.45, 2.75) is 18.5 Å². The molecule has 6 nitrogen and oxygen atoms in total. The van der Waals surface area contributed by atoms with Gasteiger partial charge in [-0.3, -0.25) is 0 Å². The maximum absolute atomic E-state index is 6.46. The highest BCUT2D eigenvalue weighted by molar-refractivity contribution is 6.36. The van der Waals surface area contributed by atoms with Gasteiger partial charge in [0.15, 0.2) is 0 Å². The van der Waals surface area contributed by atoms with Crippen molar-refractivity contribution in [3.8, 4) is 5.75 Å². The molecule has 2 heterocycles. The lowest BCUT2D eigenvalue weighted by atomic mass is 9.93. The van der Waals surface area contributed by atoms with Gasteiger partial charge in [-0.1, -0.05) is 41.4 Å². The van der Waals surface area contributed by atoms with Crippen LogP contribution in [0.4, 0.5) is 11.9 Å². The Morgan fingerprint density at radius 3 is 2.65 bits per heavy atom. The predicted octanol–water partition coefficient (Wildman–Crippen LogP) is 4.32. The number of nitrogens with two attached hydrogens (primary N) is 1. The first-order chi connectivity index (χ1) is 12.6. The summed E-state index contributed by atoms with van der Waals surface area (Å²) in [5.74, 6) is 1.58.